The fourth-order valence-electron chi connectivity index (χ4n) is 3.18. The van der Waals surface area contributed by atoms with E-state index in [0.29, 0.717) is 0 Å². The molecule has 3 aromatic rings. The van der Waals surface area contributed by atoms with Gasteiger partial charge in [0, 0.05) is 0 Å². The summed E-state index contributed by atoms with van der Waals surface area (Å²) < 4.78 is 31.6. The van der Waals surface area contributed by atoms with Crippen molar-refractivity contribution in [3.63, 3.8) is 0 Å². The van der Waals surface area contributed by atoms with Crippen molar-refractivity contribution in [2.75, 3.05) is 0 Å². The topological polar surface area (TPSA) is 57.2 Å². The molecule has 3 rings (SSSR count). The van der Waals surface area contributed by atoms with Gasteiger partial charge < -0.3 is 4.55 Å². The summed E-state index contributed by atoms with van der Waals surface area (Å²) in [7, 11) is -4.20. The van der Waals surface area contributed by atoms with Crippen LogP contribution in [-0.2, 0) is 21.0 Å². The number of rotatable bonds is 8. The van der Waals surface area contributed by atoms with Crippen LogP contribution in [0.1, 0.15) is 88.5 Å². The second-order valence-electron chi connectivity index (χ2n) is 8.35. The van der Waals surface area contributed by atoms with Crippen LogP contribution in [-0.4, -0.2) is 17.7 Å². The molecule has 214 valence electrons. The van der Waals surface area contributed by atoms with E-state index in [1.807, 2.05) is 55.4 Å². The fourth-order valence-corrected chi connectivity index (χ4v) is 5.90. The third-order valence-electron chi connectivity index (χ3n) is 5.76. The standard InChI is InChI=1S/C18H15S.C9H20O3S.3C2H6/c1-4-10-16(11-5-1)19(17-12-6-2-7-13-17)18-14-8-3-9-15-18;1-5-6-7-8(2)9(3,4)13(10,11)12;3*1-2/h1-15H;8H,5-7H2,1-4H3,(H,10,11,12);3*1-2H3/q+1;;;;/p-1. The van der Waals surface area contributed by atoms with Crippen LogP contribution in [0.25, 0.3) is 0 Å². The Balaban J connectivity index is 0. The molecular formula is C33H52O3S2. The average molecular weight is 561 g/mol. The fraction of sp³-hybridized carbons (Fsp3) is 0.455. The largest absolute Gasteiger partial charge is 0.748 e. The molecule has 0 bridgehead atoms. The molecule has 0 aliphatic heterocycles. The first-order valence-electron chi connectivity index (χ1n) is 14.0. The van der Waals surface area contributed by atoms with Crippen molar-refractivity contribution in [3.8, 4) is 0 Å². The van der Waals surface area contributed by atoms with Crippen molar-refractivity contribution in [1.29, 1.82) is 0 Å². The minimum absolute atomic E-state index is 0.0146. The third-order valence-corrected chi connectivity index (χ3v) is 9.68. The molecule has 0 aromatic heterocycles. The predicted octanol–water partition coefficient (Wildman–Crippen LogP) is 10.00. The molecule has 1 unspecified atom stereocenters. The Morgan fingerprint density at radius 2 is 0.974 bits per heavy atom. The van der Waals surface area contributed by atoms with Gasteiger partial charge in [0.2, 0.25) is 0 Å². The van der Waals surface area contributed by atoms with Crippen molar-refractivity contribution in [2.24, 2.45) is 5.92 Å². The van der Waals surface area contributed by atoms with Gasteiger partial charge in [-0.05, 0) is 62.6 Å². The summed E-state index contributed by atoms with van der Waals surface area (Å²) in [5.41, 5.74) is 0. The maximum absolute atomic E-state index is 10.9. The highest BCUT2D eigenvalue weighted by Crippen LogP contribution is 2.30. The van der Waals surface area contributed by atoms with Gasteiger partial charge in [0.05, 0.1) is 15.6 Å². The van der Waals surface area contributed by atoms with Gasteiger partial charge in [0.1, 0.15) is 10.1 Å². The molecule has 38 heavy (non-hydrogen) atoms. The van der Waals surface area contributed by atoms with Gasteiger partial charge in [0.15, 0.2) is 14.7 Å². The number of hydrogen-bond acceptors (Lipinski definition) is 3. The Labute approximate surface area is 238 Å². The summed E-state index contributed by atoms with van der Waals surface area (Å²) in [6, 6.07) is 32.2. The van der Waals surface area contributed by atoms with Crippen molar-refractivity contribution >= 4 is 21.0 Å². The first-order valence-corrected chi connectivity index (χ1v) is 16.7. The summed E-state index contributed by atoms with van der Waals surface area (Å²) in [6.07, 6.45) is 2.80. The lowest BCUT2D eigenvalue weighted by Gasteiger charge is -2.34. The lowest BCUT2D eigenvalue weighted by atomic mass is 9.92. The van der Waals surface area contributed by atoms with E-state index in [1.54, 1.807) is 0 Å². The molecule has 0 heterocycles. The van der Waals surface area contributed by atoms with Gasteiger partial charge in [-0.15, -0.1) is 0 Å². The maximum atomic E-state index is 10.9. The first kappa shape index (κ1) is 38.1. The predicted molar refractivity (Wildman–Crippen MR) is 168 cm³/mol. The highest BCUT2D eigenvalue weighted by atomic mass is 32.2. The van der Waals surface area contributed by atoms with Crippen molar-refractivity contribution in [3.05, 3.63) is 91.0 Å². The van der Waals surface area contributed by atoms with Crippen LogP contribution in [0.15, 0.2) is 106 Å². The molecule has 0 radical (unpaired) electrons. The van der Waals surface area contributed by atoms with Crippen LogP contribution in [0.4, 0.5) is 0 Å². The number of unbranched alkanes of at least 4 members (excludes halogenated alkanes) is 1. The van der Waals surface area contributed by atoms with E-state index in [4.69, 9.17) is 0 Å². The molecule has 0 aliphatic rings. The molecule has 0 amide bonds. The van der Waals surface area contributed by atoms with E-state index in [2.05, 4.69) is 91.0 Å². The molecule has 0 saturated carbocycles. The number of benzene rings is 3. The van der Waals surface area contributed by atoms with Gasteiger partial charge in [0.25, 0.3) is 0 Å². The van der Waals surface area contributed by atoms with Gasteiger partial charge in [-0.2, -0.15) is 0 Å². The van der Waals surface area contributed by atoms with Crippen LogP contribution >= 0.6 is 0 Å². The normalized spacial score (nSPS) is 11.2. The summed E-state index contributed by atoms with van der Waals surface area (Å²) >= 11 is 0. The van der Waals surface area contributed by atoms with E-state index in [1.165, 1.54) is 28.5 Å². The van der Waals surface area contributed by atoms with Gasteiger partial charge >= 0.3 is 0 Å². The van der Waals surface area contributed by atoms with E-state index < -0.39 is 14.9 Å². The van der Waals surface area contributed by atoms with Crippen molar-refractivity contribution in [2.45, 2.75) is 108 Å². The van der Waals surface area contributed by atoms with Crippen LogP contribution in [0.3, 0.4) is 0 Å². The zero-order chi connectivity index (χ0) is 29.6. The lowest BCUT2D eigenvalue weighted by molar-refractivity contribution is 0.348. The molecule has 0 N–H and O–H groups in total. The molecule has 1 atom stereocenters. The minimum Gasteiger partial charge on any atom is -0.748 e. The van der Waals surface area contributed by atoms with Gasteiger partial charge in [-0.3, -0.25) is 0 Å². The third kappa shape index (κ3) is 13.1. The van der Waals surface area contributed by atoms with Crippen LogP contribution in [0, 0.1) is 5.92 Å². The van der Waals surface area contributed by atoms with E-state index in [-0.39, 0.29) is 16.8 Å². The monoisotopic (exact) mass is 560 g/mol. The van der Waals surface area contributed by atoms with Crippen LogP contribution < -0.4 is 0 Å². The minimum atomic E-state index is -4.18. The second kappa shape index (κ2) is 21.8. The first-order chi connectivity index (χ1) is 18.2. The Morgan fingerprint density at radius 1 is 0.684 bits per heavy atom. The number of hydrogen-bond donors (Lipinski definition) is 0. The Kier molecular flexibility index (Phi) is 21.9. The lowest BCUT2D eigenvalue weighted by Crippen LogP contribution is -2.38. The Bertz CT molecular complexity index is 926. The summed E-state index contributed by atoms with van der Waals surface area (Å²) in [4.78, 5) is 4.08. The molecule has 0 fully saturated rings. The summed E-state index contributed by atoms with van der Waals surface area (Å²) in [5.74, 6) is -0.0741. The molecule has 0 aliphatic carbocycles. The van der Waals surface area contributed by atoms with Crippen LogP contribution in [0.2, 0.25) is 0 Å². The van der Waals surface area contributed by atoms with Crippen molar-refractivity contribution in [1.82, 2.24) is 0 Å². The molecule has 5 heteroatoms. The molecule has 0 saturated heterocycles. The Hall–Kier alpha value is -2.08. The average Bonchev–Trinajstić information content (AvgIpc) is 2.96. The Morgan fingerprint density at radius 3 is 1.21 bits per heavy atom. The quantitative estimate of drug-likeness (QED) is 0.203. The summed E-state index contributed by atoms with van der Waals surface area (Å²) in [5, 5.41) is 0. The molecule has 3 aromatic carbocycles. The van der Waals surface area contributed by atoms with Gasteiger partial charge in [-0.1, -0.05) is 123 Å². The maximum Gasteiger partial charge on any atom is 0.166 e. The summed E-state index contributed by atoms with van der Waals surface area (Å²) in [6.45, 7) is 18.9. The van der Waals surface area contributed by atoms with Crippen molar-refractivity contribution < 1.29 is 13.0 Å². The second-order valence-corrected chi connectivity index (χ2v) is 12.3. The molecule has 3 nitrogen and oxygen atoms in total. The highest BCUT2D eigenvalue weighted by Gasteiger charge is 2.32. The van der Waals surface area contributed by atoms with E-state index in [0.717, 1.165) is 19.3 Å². The smallest absolute Gasteiger partial charge is 0.166 e. The zero-order valence-corrected chi connectivity index (χ0v) is 27.0. The van der Waals surface area contributed by atoms with E-state index >= 15 is 0 Å². The van der Waals surface area contributed by atoms with Crippen LogP contribution in [0.5, 0.6) is 0 Å². The SMILES string of the molecule is CC.CC.CC.CCCCC(C)C(C)(C)S(=O)(=O)[O-].c1ccc([S+](c2ccccc2)c2ccccc2)cc1. The highest BCUT2D eigenvalue weighted by molar-refractivity contribution is 7.97. The zero-order valence-electron chi connectivity index (χ0n) is 25.4. The van der Waals surface area contributed by atoms with Gasteiger partial charge in [-0.25, -0.2) is 8.42 Å². The molecule has 0 spiro atoms. The molecular weight excluding hydrogens is 508 g/mol. The van der Waals surface area contributed by atoms with E-state index in [9.17, 15) is 13.0 Å².